The summed E-state index contributed by atoms with van der Waals surface area (Å²) in [5.74, 6) is 0.175. The molecule has 0 aromatic heterocycles. The number of phenols is 2. The molecule has 0 saturated heterocycles. The van der Waals surface area contributed by atoms with Gasteiger partial charge in [0.05, 0.1) is 12.7 Å². The first kappa shape index (κ1) is 24.9. The molecule has 2 aromatic carbocycles. The molecule has 0 aliphatic heterocycles. The smallest absolute Gasteiger partial charge is 0.189 e. The highest BCUT2D eigenvalue weighted by Crippen LogP contribution is 2.33. The zero-order valence-electron chi connectivity index (χ0n) is 18.7. The van der Waals surface area contributed by atoms with Crippen molar-refractivity contribution in [1.29, 1.82) is 0 Å². The van der Waals surface area contributed by atoms with Crippen molar-refractivity contribution >= 4 is 11.9 Å². The van der Waals surface area contributed by atoms with Crippen molar-refractivity contribution in [2.75, 3.05) is 7.11 Å². The van der Waals surface area contributed by atoms with E-state index in [9.17, 15) is 15.0 Å². The van der Waals surface area contributed by atoms with Crippen molar-refractivity contribution < 1.29 is 29.9 Å². The quantitative estimate of drug-likeness (QED) is 0.137. The minimum atomic E-state index is -0.428. The molecule has 32 heavy (non-hydrogen) atoms. The van der Waals surface area contributed by atoms with E-state index < -0.39 is 6.10 Å². The van der Waals surface area contributed by atoms with Gasteiger partial charge in [-0.2, -0.15) is 0 Å². The van der Waals surface area contributed by atoms with Crippen LogP contribution in [0, 0.1) is 0 Å². The Kier molecular flexibility index (Phi) is 9.25. The molecule has 0 radical (unpaired) electrons. The van der Waals surface area contributed by atoms with Crippen molar-refractivity contribution in [3.8, 4) is 17.2 Å². The van der Waals surface area contributed by atoms with E-state index in [1.807, 2.05) is 13.0 Å². The summed E-state index contributed by atoms with van der Waals surface area (Å²) in [7, 11) is 1.51. The van der Waals surface area contributed by atoms with Crippen LogP contribution in [-0.2, 0) is 11.3 Å². The van der Waals surface area contributed by atoms with Crippen LogP contribution < -0.4 is 4.74 Å². The molecule has 0 spiro atoms. The first-order valence-electron chi connectivity index (χ1n) is 10.3. The maximum atomic E-state index is 12.7. The van der Waals surface area contributed by atoms with Crippen molar-refractivity contribution in [2.45, 2.75) is 39.2 Å². The Bertz CT molecular complexity index is 1000. The Hall–Kier alpha value is -3.35. The largest absolute Gasteiger partial charge is 0.508 e. The molecule has 3 N–H and O–H groups in total. The SMILES string of the molecule is C=C(C)C(CC/C(C)=C/Cc1c(OC)ccc(C(=O)/C=C/c2ccc(O)cc2)c1O)OO. The number of allylic oxidation sites excluding steroid dienone is 3. The minimum absolute atomic E-state index is 0.118. The summed E-state index contributed by atoms with van der Waals surface area (Å²) in [5.41, 5.74) is 3.23. The molecule has 0 saturated carbocycles. The van der Waals surface area contributed by atoms with E-state index in [1.54, 1.807) is 31.2 Å². The van der Waals surface area contributed by atoms with Crippen molar-refractivity contribution in [1.82, 2.24) is 0 Å². The number of carbonyl (C=O) groups excluding carboxylic acids is 1. The minimum Gasteiger partial charge on any atom is -0.508 e. The lowest BCUT2D eigenvalue weighted by Gasteiger charge is -2.14. The third kappa shape index (κ3) is 6.83. The van der Waals surface area contributed by atoms with Gasteiger partial charge in [0.15, 0.2) is 5.78 Å². The number of carbonyl (C=O) groups is 1. The molecule has 0 aliphatic carbocycles. The van der Waals surface area contributed by atoms with E-state index in [-0.39, 0.29) is 22.8 Å². The van der Waals surface area contributed by atoms with E-state index in [0.717, 1.165) is 16.7 Å². The summed E-state index contributed by atoms with van der Waals surface area (Å²) in [5, 5.41) is 29.1. The van der Waals surface area contributed by atoms with E-state index in [1.165, 1.54) is 31.4 Å². The average Bonchev–Trinajstić information content (AvgIpc) is 2.77. The van der Waals surface area contributed by atoms with Crippen molar-refractivity contribution in [3.63, 3.8) is 0 Å². The Morgan fingerprint density at radius 2 is 1.81 bits per heavy atom. The lowest BCUT2D eigenvalue weighted by Crippen LogP contribution is -2.11. The highest BCUT2D eigenvalue weighted by atomic mass is 17.1. The van der Waals surface area contributed by atoms with Crippen LogP contribution in [0.2, 0.25) is 0 Å². The normalized spacial score (nSPS) is 12.7. The average molecular weight is 439 g/mol. The molecule has 1 atom stereocenters. The molecule has 0 heterocycles. The zero-order chi connectivity index (χ0) is 23.7. The first-order valence-corrected chi connectivity index (χ1v) is 10.3. The monoisotopic (exact) mass is 438 g/mol. The van der Waals surface area contributed by atoms with Gasteiger partial charge in [0.1, 0.15) is 23.4 Å². The van der Waals surface area contributed by atoms with Crippen LogP contribution in [0.1, 0.15) is 48.2 Å². The standard InChI is InChI=1S/C26H30O6/c1-17(2)24(32-30)15-6-18(3)5-12-22-25(31-4)16-13-21(26(22)29)23(28)14-9-19-7-10-20(27)11-8-19/h5,7-11,13-14,16,24,27,29-30H,1,6,12,15H2,2-4H3/b14-9+,18-5+. The molecule has 0 fully saturated rings. The second-order valence-corrected chi connectivity index (χ2v) is 7.67. The molecule has 0 aliphatic rings. The number of methoxy groups -OCH3 is 1. The van der Waals surface area contributed by atoms with E-state index in [4.69, 9.17) is 9.99 Å². The van der Waals surface area contributed by atoms with Gasteiger partial charge in [-0.1, -0.05) is 36.4 Å². The maximum absolute atomic E-state index is 12.7. The molecule has 0 amide bonds. The predicted molar refractivity (Wildman–Crippen MR) is 125 cm³/mol. The van der Waals surface area contributed by atoms with Crippen LogP contribution in [0.15, 0.2) is 66.3 Å². The van der Waals surface area contributed by atoms with E-state index in [2.05, 4.69) is 11.5 Å². The van der Waals surface area contributed by atoms with Gasteiger partial charge in [-0.05, 0) is 74.6 Å². The van der Waals surface area contributed by atoms with Gasteiger partial charge < -0.3 is 14.9 Å². The van der Waals surface area contributed by atoms with Gasteiger partial charge >= 0.3 is 0 Å². The van der Waals surface area contributed by atoms with Crippen LogP contribution in [0.4, 0.5) is 0 Å². The van der Waals surface area contributed by atoms with Crippen LogP contribution in [0.25, 0.3) is 6.08 Å². The fraction of sp³-hybridized carbons (Fsp3) is 0.269. The van der Waals surface area contributed by atoms with Crippen molar-refractivity contribution in [2.24, 2.45) is 0 Å². The number of hydrogen-bond acceptors (Lipinski definition) is 6. The summed E-state index contributed by atoms with van der Waals surface area (Å²) in [6.45, 7) is 7.54. The van der Waals surface area contributed by atoms with E-state index >= 15 is 0 Å². The van der Waals surface area contributed by atoms with Crippen LogP contribution >= 0.6 is 0 Å². The third-order valence-corrected chi connectivity index (χ3v) is 5.18. The van der Waals surface area contributed by atoms with Gasteiger partial charge in [-0.25, -0.2) is 4.89 Å². The van der Waals surface area contributed by atoms with Crippen molar-refractivity contribution in [3.05, 3.63) is 83.0 Å². The van der Waals surface area contributed by atoms with Crippen LogP contribution in [0.3, 0.4) is 0 Å². The lowest BCUT2D eigenvalue weighted by molar-refractivity contribution is -0.269. The molecule has 6 nitrogen and oxygen atoms in total. The Morgan fingerprint density at radius 3 is 2.41 bits per heavy atom. The highest BCUT2D eigenvalue weighted by Gasteiger charge is 2.17. The molecule has 1 unspecified atom stereocenters. The second kappa shape index (κ2) is 11.9. The number of benzene rings is 2. The third-order valence-electron chi connectivity index (χ3n) is 5.18. The summed E-state index contributed by atoms with van der Waals surface area (Å²) in [6.07, 6.45) is 6.16. The Balaban J connectivity index is 2.18. The molecule has 2 aromatic rings. The summed E-state index contributed by atoms with van der Waals surface area (Å²) >= 11 is 0. The molecule has 0 bridgehead atoms. The molecule has 170 valence electrons. The number of ketones is 1. The molecular formula is C26H30O6. The van der Waals surface area contributed by atoms with E-state index in [0.29, 0.717) is 30.6 Å². The number of phenolic OH excluding ortho intramolecular Hbond substituents is 2. The van der Waals surface area contributed by atoms with Gasteiger partial charge in [0.2, 0.25) is 0 Å². The first-order chi connectivity index (χ1) is 15.3. The second-order valence-electron chi connectivity index (χ2n) is 7.67. The zero-order valence-corrected chi connectivity index (χ0v) is 18.7. The van der Waals surface area contributed by atoms with Crippen LogP contribution in [0.5, 0.6) is 17.2 Å². The number of hydrogen-bond donors (Lipinski definition) is 3. The number of rotatable bonds is 11. The highest BCUT2D eigenvalue weighted by molar-refractivity contribution is 6.09. The fourth-order valence-corrected chi connectivity index (χ4v) is 3.18. The Morgan fingerprint density at radius 1 is 1.12 bits per heavy atom. The molecule has 6 heteroatoms. The van der Waals surface area contributed by atoms with Crippen LogP contribution in [-0.4, -0.2) is 34.5 Å². The summed E-state index contributed by atoms with van der Waals surface area (Å²) in [4.78, 5) is 17.1. The van der Waals surface area contributed by atoms with Gasteiger partial charge in [-0.15, -0.1) is 0 Å². The number of ether oxygens (including phenoxy) is 1. The topological polar surface area (TPSA) is 96.2 Å². The number of aromatic hydroxyl groups is 2. The lowest BCUT2D eigenvalue weighted by atomic mass is 9.98. The maximum Gasteiger partial charge on any atom is 0.189 e. The summed E-state index contributed by atoms with van der Waals surface area (Å²) < 4.78 is 5.37. The fourth-order valence-electron chi connectivity index (χ4n) is 3.18. The van der Waals surface area contributed by atoms with Gasteiger partial charge in [0.25, 0.3) is 0 Å². The molecule has 2 rings (SSSR count). The van der Waals surface area contributed by atoms with Gasteiger partial charge in [-0.3, -0.25) is 10.1 Å². The molecular weight excluding hydrogens is 408 g/mol. The Labute approximate surface area is 188 Å². The summed E-state index contributed by atoms with van der Waals surface area (Å²) in [6, 6.07) is 9.64. The predicted octanol–water partition coefficient (Wildman–Crippen LogP) is 5.71. The van der Waals surface area contributed by atoms with Gasteiger partial charge in [0, 0.05) is 5.56 Å².